The molecule has 0 nitrogen and oxygen atoms in total. The number of rotatable bonds is 4. The molecule has 0 N–H and O–H groups in total. The highest BCUT2D eigenvalue weighted by molar-refractivity contribution is 4.94. The second-order valence-corrected chi connectivity index (χ2v) is 4.98. The van der Waals surface area contributed by atoms with Gasteiger partial charge >= 0.3 is 0 Å². The van der Waals surface area contributed by atoms with Crippen LogP contribution >= 0.6 is 0 Å². The third-order valence-corrected chi connectivity index (χ3v) is 3.42. The Balaban J connectivity index is 2.06. The zero-order valence-corrected chi connectivity index (χ0v) is 8.48. The molecule has 0 spiro atoms. The first-order valence-electron chi connectivity index (χ1n) is 5.06. The maximum Gasteiger partial charge on any atom is -0.0323 e. The fourth-order valence-corrected chi connectivity index (χ4v) is 1.76. The van der Waals surface area contributed by atoms with Crippen molar-refractivity contribution < 1.29 is 0 Å². The van der Waals surface area contributed by atoms with Gasteiger partial charge in [-0.1, -0.05) is 40.5 Å². The lowest BCUT2D eigenvalue weighted by molar-refractivity contribution is 0.440. The lowest BCUT2D eigenvalue weighted by Crippen LogP contribution is -1.96. The highest BCUT2D eigenvalue weighted by Crippen LogP contribution is 2.54. The van der Waals surface area contributed by atoms with E-state index in [0.29, 0.717) is 5.41 Å². The van der Waals surface area contributed by atoms with E-state index in [4.69, 9.17) is 0 Å². The van der Waals surface area contributed by atoms with Crippen molar-refractivity contribution >= 4 is 0 Å². The molecule has 0 aliphatic heterocycles. The highest BCUT2D eigenvalue weighted by Gasteiger charge is 2.44. The monoisotopic (exact) mass is 154 g/mol. The normalized spacial score (nSPS) is 30.0. The van der Waals surface area contributed by atoms with E-state index >= 15 is 0 Å². The van der Waals surface area contributed by atoms with Gasteiger partial charge in [-0.05, 0) is 30.1 Å². The molecule has 1 saturated carbocycles. The quantitative estimate of drug-likeness (QED) is 0.577. The smallest absolute Gasteiger partial charge is 0.0323 e. The molecule has 1 aliphatic rings. The molecule has 0 amide bonds. The Bertz CT molecular complexity index is 124. The fraction of sp³-hybridized carbons (Fsp3) is 1.00. The van der Waals surface area contributed by atoms with Gasteiger partial charge in [-0.2, -0.15) is 0 Å². The first-order chi connectivity index (χ1) is 5.06. The van der Waals surface area contributed by atoms with Crippen molar-refractivity contribution in [3.8, 4) is 0 Å². The van der Waals surface area contributed by atoms with Crippen molar-refractivity contribution in [1.29, 1.82) is 0 Å². The Morgan fingerprint density at radius 2 is 2.00 bits per heavy atom. The van der Waals surface area contributed by atoms with Gasteiger partial charge in [0.25, 0.3) is 0 Å². The van der Waals surface area contributed by atoms with E-state index in [0.717, 1.165) is 11.8 Å². The predicted molar refractivity (Wildman–Crippen MR) is 50.6 cm³/mol. The van der Waals surface area contributed by atoms with E-state index in [-0.39, 0.29) is 0 Å². The molecular weight excluding hydrogens is 132 g/mol. The average molecular weight is 154 g/mol. The minimum Gasteiger partial charge on any atom is -0.0651 e. The summed E-state index contributed by atoms with van der Waals surface area (Å²) in [4.78, 5) is 0. The van der Waals surface area contributed by atoms with Crippen LogP contribution < -0.4 is 0 Å². The number of hydrogen-bond acceptors (Lipinski definition) is 0. The standard InChI is InChI=1S/C11H22/c1-5-9(2)6-7-10-8-11(10,3)4/h9-10H,5-8H2,1-4H3. The van der Waals surface area contributed by atoms with E-state index in [1.54, 1.807) is 0 Å². The van der Waals surface area contributed by atoms with Crippen molar-refractivity contribution in [1.82, 2.24) is 0 Å². The minimum absolute atomic E-state index is 0.702. The van der Waals surface area contributed by atoms with E-state index in [9.17, 15) is 0 Å². The summed E-state index contributed by atoms with van der Waals surface area (Å²) in [6.07, 6.45) is 5.75. The summed E-state index contributed by atoms with van der Waals surface area (Å²) in [6, 6.07) is 0. The van der Waals surface area contributed by atoms with Gasteiger partial charge in [0.05, 0.1) is 0 Å². The largest absolute Gasteiger partial charge is 0.0651 e. The molecule has 1 rings (SSSR count). The van der Waals surface area contributed by atoms with Crippen molar-refractivity contribution in [2.75, 3.05) is 0 Å². The Morgan fingerprint density at radius 1 is 1.45 bits per heavy atom. The Hall–Kier alpha value is 0. The summed E-state index contributed by atoms with van der Waals surface area (Å²) in [5.41, 5.74) is 0.702. The summed E-state index contributed by atoms with van der Waals surface area (Å²) < 4.78 is 0. The first-order valence-corrected chi connectivity index (χ1v) is 5.06. The first kappa shape index (κ1) is 9.09. The topological polar surface area (TPSA) is 0 Å². The molecule has 0 saturated heterocycles. The Labute approximate surface area is 71.4 Å². The van der Waals surface area contributed by atoms with Crippen LogP contribution in [0.4, 0.5) is 0 Å². The highest BCUT2D eigenvalue weighted by atomic mass is 14.5. The minimum atomic E-state index is 0.702. The molecular formula is C11H22. The van der Waals surface area contributed by atoms with Gasteiger partial charge in [0.15, 0.2) is 0 Å². The lowest BCUT2D eigenvalue weighted by atomic mass is 9.98. The van der Waals surface area contributed by atoms with Gasteiger partial charge < -0.3 is 0 Å². The van der Waals surface area contributed by atoms with Crippen LogP contribution in [-0.2, 0) is 0 Å². The third-order valence-electron chi connectivity index (χ3n) is 3.42. The molecule has 0 aromatic carbocycles. The van der Waals surface area contributed by atoms with Crippen LogP contribution in [0.1, 0.15) is 53.4 Å². The summed E-state index contributed by atoms with van der Waals surface area (Å²) in [6.45, 7) is 9.46. The Kier molecular flexibility index (Phi) is 2.61. The van der Waals surface area contributed by atoms with Gasteiger partial charge in [0.1, 0.15) is 0 Å². The molecule has 0 heteroatoms. The lowest BCUT2D eigenvalue weighted by Gasteiger charge is -2.08. The fourth-order valence-electron chi connectivity index (χ4n) is 1.76. The summed E-state index contributed by atoms with van der Waals surface area (Å²) in [5.74, 6) is 2.00. The molecule has 66 valence electrons. The predicted octanol–water partition coefficient (Wildman–Crippen LogP) is 3.86. The van der Waals surface area contributed by atoms with Crippen LogP contribution in [0.25, 0.3) is 0 Å². The molecule has 0 bridgehead atoms. The van der Waals surface area contributed by atoms with Crippen molar-refractivity contribution in [3.63, 3.8) is 0 Å². The Morgan fingerprint density at radius 3 is 2.36 bits per heavy atom. The van der Waals surface area contributed by atoms with Gasteiger partial charge in [0, 0.05) is 0 Å². The van der Waals surface area contributed by atoms with E-state index in [1.807, 2.05) is 0 Å². The van der Waals surface area contributed by atoms with E-state index in [1.165, 1.54) is 25.7 Å². The zero-order chi connectivity index (χ0) is 8.48. The van der Waals surface area contributed by atoms with E-state index in [2.05, 4.69) is 27.7 Å². The van der Waals surface area contributed by atoms with Crippen LogP contribution in [0.3, 0.4) is 0 Å². The van der Waals surface area contributed by atoms with Gasteiger partial charge in [-0.25, -0.2) is 0 Å². The molecule has 1 fully saturated rings. The second-order valence-electron chi connectivity index (χ2n) is 4.98. The van der Waals surface area contributed by atoms with Crippen molar-refractivity contribution in [2.45, 2.75) is 53.4 Å². The maximum atomic E-state index is 2.40. The van der Waals surface area contributed by atoms with Crippen LogP contribution in [0, 0.1) is 17.3 Å². The van der Waals surface area contributed by atoms with Crippen LogP contribution in [0.15, 0.2) is 0 Å². The molecule has 11 heavy (non-hydrogen) atoms. The molecule has 0 aromatic heterocycles. The van der Waals surface area contributed by atoms with Crippen LogP contribution in [-0.4, -0.2) is 0 Å². The van der Waals surface area contributed by atoms with Gasteiger partial charge in [-0.3, -0.25) is 0 Å². The molecule has 0 radical (unpaired) electrons. The average Bonchev–Trinajstić information content (AvgIpc) is 2.54. The molecule has 1 aliphatic carbocycles. The zero-order valence-electron chi connectivity index (χ0n) is 8.48. The summed E-state index contributed by atoms with van der Waals surface area (Å²) in [7, 11) is 0. The van der Waals surface area contributed by atoms with Crippen molar-refractivity contribution in [2.24, 2.45) is 17.3 Å². The van der Waals surface area contributed by atoms with Crippen molar-refractivity contribution in [3.05, 3.63) is 0 Å². The van der Waals surface area contributed by atoms with Crippen LogP contribution in [0.5, 0.6) is 0 Å². The summed E-state index contributed by atoms with van der Waals surface area (Å²) in [5, 5.41) is 0. The summed E-state index contributed by atoms with van der Waals surface area (Å²) >= 11 is 0. The molecule has 0 heterocycles. The maximum absolute atomic E-state index is 2.40. The van der Waals surface area contributed by atoms with E-state index < -0.39 is 0 Å². The van der Waals surface area contributed by atoms with Gasteiger partial charge in [-0.15, -0.1) is 0 Å². The second kappa shape index (κ2) is 3.16. The van der Waals surface area contributed by atoms with Crippen LogP contribution in [0.2, 0.25) is 0 Å². The molecule has 2 atom stereocenters. The third kappa shape index (κ3) is 2.50. The van der Waals surface area contributed by atoms with Gasteiger partial charge in [0.2, 0.25) is 0 Å². The number of hydrogen-bond donors (Lipinski definition) is 0. The molecule has 2 unspecified atom stereocenters. The molecule has 0 aromatic rings. The SMILES string of the molecule is CCC(C)CCC1CC1(C)C.